The SMILES string of the molecule is CC(C)(Sc1ccc(OCCc2cc3ccccc3[nH]2)cc1)C(=O)O. The normalized spacial score (nSPS) is 11.6. The number of thioether (sulfide) groups is 1. The quantitative estimate of drug-likeness (QED) is 0.601. The monoisotopic (exact) mass is 355 g/mol. The number of hydrogen-bond donors (Lipinski definition) is 2. The average molecular weight is 355 g/mol. The largest absolute Gasteiger partial charge is 0.493 e. The number of aromatic amines is 1. The van der Waals surface area contributed by atoms with Crippen molar-refractivity contribution in [2.24, 2.45) is 0 Å². The molecule has 1 aromatic heterocycles. The van der Waals surface area contributed by atoms with Crippen molar-refractivity contribution in [3.8, 4) is 5.75 Å². The number of para-hydroxylation sites is 1. The Morgan fingerprint density at radius 1 is 1.16 bits per heavy atom. The first-order valence-corrected chi connectivity index (χ1v) is 8.97. The molecule has 0 aliphatic heterocycles. The predicted octanol–water partition coefficient (Wildman–Crippen LogP) is 4.74. The highest BCUT2D eigenvalue weighted by Gasteiger charge is 2.28. The molecule has 0 fully saturated rings. The molecule has 0 radical (unpaired) electrons. The summed E-state index contributed by atoms with van der Waals surface area (Å²) in [6.07, 6.45) is 0.803. The molecule has 2 aromatic carbocycles. The van der Waals surface area contributed by atoms with E-state index in [0.29, 0.717) is 6.61 Å². The molecule has 0 bridgehead atoms. The standard InChI is InChI=1S/C20H21NO3S/c1-20(2,19(22)23)25-17-9-7-16(8-10-17)24-12-11-15-13-14-5-3-4-6-18(14)21-15/h3-10,13,21H,11-12H2,1-2H3,(H,22,23). The molecule has 0 spiro atoms. The Morgan fingerprint density at radius 2 is 1.88 bits per heavy atom. The Kier molecular flexibility index (Phi) is 5.04. The smallest absolute Gasteiger partial charge is 0.319 e. The van der Waals surface area contributed by atoms with Crippen molar-refractivity contribution < 1.29 is 14.6 Å². The minimum atomic E-state index is -0.849. The lowest BCUT2D eigenvalue weighted by molar-refractivity contribution is -0.138. The molecule has 3 aromatic rings. The van der Waals surface area contributed by atoms with E-state index in [1.54, 1.807) is 13.8 Å². The van der Waals surface area contributed by atoms with Gasteiger partial charge in [-0.1, -0.05) is 18.2 Å². The van der Waals surface area contributed by atoms with Gasteiger partial charge in [0.2, 0.25) is 0 Å². The van der Waals surface area contributed by atoms with Crippen LogP contribution >= 0.6 is 11.8 Å². The van der Waals surface area contributed by atoms with Crippen molar-refractivity contribution >= 4 is 28.6 Å². The highest BCUT2D eigenvalue weighted by atomic mass is 32.2. The van der Waals surface area contributed by atoms with Gasteiger partial charge in [0.1, 0.15) is 10.5 Å². The summed E-state index contributed by atoms with van der Waals surface area (Å²) in [6, 6.07) is 17.9. The van der Waals surface area contributed by atoms with Crippen molar-refractivity contribution in [1.82, 2.24) is 4.98 Å². The average Bonchev–Trinajstić information content (AvgIpc) is 2.99. The number of aromatic nitrogens is 1. The Balaban J connectivity index is 1.54. The minimum absolute atomic E-state index is 0.583. The fourth-order valence-corrected chi connectivity index (χ4v) is 3.44. The summed E-state index contributed by atoms with van der Waals surface area (Å²) in [5.74, 6) is -0.0373. The molecule has 130 valence electrons. The van der Waals surface area contributed by atoms with Gasteiger partial charge in [-0.15, -0.1) is 11.8 Å². The summed E-state index contributed by atoms with van der Waals surface area (Å²) in [4.78, 5) is 15.5. The first kappa shape index (κ1) is 17.4. The number of benzene rings is 2. The van der Waals surface area contributed by atoms with E-state index in [2.05, 4.69) is 23.2 Å². The third-order valence-corrected chi connectivity index (χ3v) is 5.13. The summed E-state index contributed by atoms with van der Waals surface area (Å²) >= 11 is 1.33. The van der Waals surface area contributed by atoms with Gasteiger partial charge >= 0.3 is 5.97 Å². The molecule has 2 N–H and O–H groups in total. The lowest BCUT2D eigenvalue weighted by Gasteiger charge is -2.18. The van der Waals surface area contributed by atoms with Crippen LogP contribution in [-0.4, -0.2) is 27.4 Å². The molecule has 0 saturated carbocycles. The van der Waals surface area contributed by atoms with E-state index in [1.807, 2.05) is 36.4 Å². The number of ether oxygens (including phenoxy) is 1. The summed E-state index contributed by atoms with van der Waals surface area (Å²) in [7, 11) is 0. The van der Waals surface area contributed by atoms with E-state index in [0.717, 1.165) is 28.3 Å². The van der Waals surface area contributed by atoms with Gasteiger partial charge in [0, 0.05) is 22.5 Å². The maximum absolute atomic E-state index is 11.2. The van der Waals surface area contributed by atoms with Crippen LogP contribution in [0.5, 0.6) is 5.75 Å². The maximum atomic E-state index is 11.2. The fraction of sp³-hybridized carbons (Fsp3) is 0.250. The Labute approximate surface area is 151 Å². The van der Waals surface area contributed by atoms with E-state index in [9.17, 15) is 9.90 Å². The number of carbonyl (C=O) groups is 1. The van der Waals surface area contributed by atoms with Gasteiger partial charge < -0.3 is 14.8 Å². The zero-order valence-corrected chi connectivity index (χ0v) is 15.1. The van der Waals surface area contributed by atoms with E-state index in [1.165, 1.54) is 17.1 Å². The molecule has 0 unspecified atom stereocenters. The summed E-state index contributed by atoms with van der Waals surface area (Å²) in [5.41, 5.74) is 2.29. The number of rotatable bonds is 7. The lowest BCUT2D eigenvalue weighted by atomic mass is 10.2. The van der Waals surface area contributed by atoms with Gasteiger partial charge in [-0.25, -0.2) is 0 Å². The van der Waals surface area contributed by atoms with Gasteiger partial charge in [-0.2, -0.15) is 0 Å². The van der Waals surface area contributed by atoms with Crippen LogP contribution in [-0.2, 0) is 11.2 Å². The van der Waals surface area contributed by atoms with Crippen molar-refractivity contribution in [1.29, 1.82) is 0 Å². The molecular weight excluding hydrogens is 334 g/mol. The van der Waals surface area contributed by atoms with Crippen LogP contribution in [0, 0.1) is 0 Å². The lowest BCUT2D eigenvalue weighted by Crippen LogP contribution is -2.26. The van der Waals surface area contributed by atoms with Crippen molar-refractivity contribution in [2.75, 3.05) is 6.61 Å². The second kappa shape index (κ2) is 7.23. The second-order valence-corrected chi connectivity index (χ2v) is 8.07. The second-order valence-electron chi connectivity index (χ2n) is 6.37. The van der Waals surface area contributed by atoms with E-state index >= 15 is 0 Å². The maximum Gasteiger partial charge on any atom is 0.319 e. The van der Waals surface area contributed by atoms with E-state index in [4.69, 9.17) is 4.74 Å². The first-order chi connectivity index (χ1) is 11.9. The Bertz CT molecular complexity index is 835. The molecule has 0 saturated heterocycles. The van der Waals surface area contributed by atoms with Gasteiger partial charge in [0.15, 0.2) is 0 Å². The molecule has 3 rings (SSSR count). The van der Waals surface area contributed by atoms with Gasteiger partial charge in [0.05, 0.1) is 6.61 Å². The first-order valence-electron chi connectivity index (χ1n) is 8.16. The fourth-order valence-electron chi connectivity index (χ4n) is 2.49. The molecule has 25 heavy (non-hydrogen) atoms. The molecular formula is C20H21NO3S. The molecule has 4 nitrogen and oxygen atoms in total. The van der Waals surface area contributed by atoms with Gasteiger partial charge in [-0.05, 0) is 55.6 Å². The Morgan fingerprint density at radius 3 is 2.56 bits per heavy atom. The summed E-state index contributed by atoms with van der Waals surface area (Å²) in [5, 5.41) is 10.4. The van der Waals surface area contributed by atoms with Crippen molar-refractivity contribution in [2.45, 2.75) is 29.9 Å². The van der Waals surface area contributed by atoms with Crippen LogP contribution in [0.25, 0.3) is 10.9 Å². The minimum Gasteiger partial charge on any atom is -0.493 e. The van der Waals surface area contributed by atoms with Gasteiger partial charge in [-0.3, -0.25) is 4.79 Å². The van der Waals surface area contributed by atoms with Crippen molar-refractivity contribution in [3.05, 3.63) is 60.3 Å². The predicted molar refractivity (Wildman–Crippen MR) is 102 cm³/mol. The highest BCUT2D eigenvalue weighted by molar-refractivity contribution is 8.01. The van der Waals surface area contributed by atoms with E-state index in [-0.39, 0.29) is 0 Å². The van der Waals surface area contributed by atoms with Crippen LogP contribution in [0.3, 0.4) is 0 Å². The van der Waals surface area contributed by atoms with Gasteiger partial charge in [0.25, 0.3) is 0 Å². The Hall–Kier alpha value is -2.40. The number of nitrogens with one attached hydrogen (secondary N) is 1. The van der Waals surface area contributed by atoms with Crippen LogP contribution in [0.1, 0.15) is 19.5 Å². The van der Waals surface area contributed by atoms with Crippen LogP contribution in [0.15, 0.2) is 59.5 Å². The number of hydrogen-bond acceptors (Lipinski definition) is 3. The molecule has 1 heterocycles. The van der Waals surface area contributed by atoms with Crippen molar-refractivity contribution in [3.63, 3.8) is 0 Å². The molecule has 0 aliphatic rings. The number of H-pyrrole nitrogens is 1. The molecule has 0 amide bonds. The third kappa shape index (κ3) is 4.37. The topological polar surface area (TPSA) is 62.3 Å². The van der Waals surface area contributed by atoms with Crippen LogP contribution in [0.2, 0.25) is 0 Å². The molecule has 5 heteroatoms. The highest BCUT2D eigenvalue weighted by Crippen LogP contribution is 2.33. The zero-order chi connectivity index (χ0) is 17.9. The molecule has 0 atom stereocenters. The zero-order valence-electron chi connectivity index (χ0n) is 14.3. The number of fused-ring (bicyclic) bond motifs is 1. The van der Waals surface area contributed by atoms with Crippen LogP contribution in [0.4, 0.5) is 0 Å². The van der Waals surface area contributed by atoms with E-state index < -0.39 is 10.7 Å². The summed E-state index contributed by atoms with van der Waals surface area (Å²) < 4.78 is 4.94. The number of aliphatic carboxylic acids is 1. The molecule has 0 aliphatic carbocycles. The summed E-state index contributed by atoms with van der Waals surface area (Å²) in [6.45, 7) is 3.98. The number of carboxylic acid groups (broad SMARTS) is 1. The van der Waals surface area contributed by atoms with Crippen LogP contribution < -0.4 is 4.74 Å². The third-order valence-electron chi connectivity index (χ3n) is 3.94. The number of carboxylic acids is 1.